The van der Waals surface area contributed by atoms with E-state index in [1.54, 1.807) is 29.2 Å². The number of esters is 1. The summed E-state index contributed by atoms with van der Waals surface area (Å²) in [6.45, 7) is -0.399. The standard InChI is InChI=1S/C17H21NO6S/c1-23-15-5-3-2-4-14(15)17(20)24-10-16(19)18(12-6-7-12)13-8-9-25(21,22)11-13/h2-5,12-13H,6-11H2,1H3/t13-/m1/s1. The molecule has 1 heterocycles. The van der Waals surface area contributed by atoms with Crippen LogP contribution in [0, 0.1) is 0 Å². The highest BCUT2D eigenvalue weighted by Crippen LogP contribution is 2.32. The van der Waals surface area contributed by atoms with Gasteiger partial charge in [0.2, 0.25) is 0 Å². The van der Waals surface area contributed by atoms with Gasteiger partial charge in [-0.3, -0.25) is 4.79 Å². The number of methoxy groups -OCH3 is 1. The van der Waals surface area contributed by atoms with E-state index >= 15 is 0 Å². The predicted octanol–water partition coefficient (Wildman–Crippen LogP) is 1.03. The van der Waals surface area contributed by atoms with E-state index < -0.39 is 22.4 Å². The summed E-state index contributed by atoms with van der Waals surface area (Å²) >= 11 is 0. The van der Waals surface area contributed by atoms with Crippen LogP contribution in [0.1, 0.15) is 29.6 Å². The van der Waals surface area contributed by atoms with Crippen LogP contribution in [0.3, 0.4) is 0 Å². The number of amides is 1. The highest BCUT2D eigenvalue weighted by atomic mass is 32.2. The molecule has 0 spiro atoms. The van der Waals surface area contributed by atoms with Crippen molar-refractivity contribution in [3.05, 3.63) is 29.8 Å². The van der Waals surface area contributed by atoms with E-state index in [1.807, 2.05) is 0 Å². The summed E-state index contributed by atoms with van der Waals surface area (Å²) in [6.07, 6.45) is 2.18. The topological polar surface area (TPSA) is 90.0 Å². The largest absolute Gasteiger partial charge is 0.496 e. The Morgan fingerprint density at radius 1 is 1.16 bits per heavy atom. The van der Waals surface area contributed by atoms with E-state index in [0.29, 0.717) is 12.2 Å². The van der Waals surface area contributed by atoms with Crippen molar-refractivity contribution in [2.75, 3.05) is 25.2 Å². The number of hydrogen-bond donors (Lipinski definition) is 0. The van der Waals surface area contributed by atoms with Crippen LogP contribution in [-0.2, 0) is 19.4 Å². The second-order valence-corrected chi connectivity index (χ2v) is 8.59. The summed E-state index contributed by atoms with van der Waals surface area (Å²) in [7, 11) is -1.63. The maximum atomic E-state index is 12.5. The first kappa shape index (κ1) is 17.7. The highest BCUT2D eigenvalue weighted by molar-refractivity contribution is 7.91. The molecule has 0 aromatic heterocycles. The van der Waals surface area contributed by atoms with Crippen LogP contribution in [0.5, 0.6) is 5.75 Å². The van der Waals surface area contributed by atoms with Crippen molar-refractivity contribution < 1.29 is 27.5 Å². The van der Waals surface area contributed by atoms with Crippen LogP contribution in [-0.4, -0.2) is 62.5 Å². The minimum atomic E-state index is -3.08. The fourth-order valence-corrected chi connectivity index (χ4v) is 4.86. The van der Waals surface area contributed by atoms with Crippen LogP contribution in [0.15, 0.2) is 24.3 Å². The van der Waals surface area contributed by atoms with Gasteiger partial charge in [-0.2, -0.15) is 0 Å². The van der Waals surface area contributed by atoms with Crippen molar-refractivity contribution >= 4 is 21.7 Å². The van der Waals surface area contributed by atoms with Crippen LogP contribution < -0.4 is 4.74 Å². The van der Waals surface area contributed by atoms with Crippen LogP contribution in [0.2, 0.25) is 0 Å². The predicted molar refractivity (Wildman–Crippen MR) is 90.2 cm³/mol. The number of rotatable bonds is 6. The zero-order valence-corrected chi connectivity index (χ0v) is 14.8. The molecular weight excluding hydrogens is 346 g/mol. The molecule has 25 heavy (non-hydrogen) atoms. The zero-order chi connectivity index (χ0) is 18.0. The maximum absolute atomic E-state index is 12.5. The summed E-state index contributed by atoms with van der Waals surface area (Å²) in [5, 5.41) is 0. The lowest BCUT2D eigenvalue weighted by molar-refractivity contribution is -0.137. The lowest BCUT2D eigenvalue weighted by Crippen LogP contribution is -2.44. The molecule has 0 unspecified atom stereocenters. The first-order chi connectivity index (χ1) is 11.9. The quantitative estimate of drug-likeness (QED) is 0.698. The fourth-order valence-electron chi connectivity index (χ4n) is 3.15. The number of sulfone groups is 1. The third-order valence-electron chi connectivity index (χ3n) is 4.48. The van der Waals surface area contributed by atoms with Crippen molar-refractivity contribution in [3.63, 3.8) is 0 Å². The number of para-hydroxylation sites is 1. The minimum Gasteiger partial charge on any atom is -0.496 e. The Morgan fingerprint density at radius 2 is 1.88 bits per heavy atom. The molecule has 3 rings (SSSR count). The summed E-state index contributed by atoms with van der Waals surface area (Å²) in [4.78, 5) is 26.3. The zero-order valence-electron chi connectivity index (χ0n) is 14.0. The van der Waals surface area contributed by atoms with E-state index in [4.69, 9.17) is 9.47 Å². The van der Waals surface area contributed by atoms with Crippen molar-refractivity contribution in [3.8, 4) is 5.75 Å². The monoisotopic (exact) mass is 367 g/mol. The lowest BCUT2D eigenvalue weighted by atomic mass is 10.2. The van der Waals surface area contributed by atoms with Crippen molar-refractivity contribution in [1.29, 1.82) is 0 Å². The van der Waals surface area contributed by atoms with Crippen molar-refractivity contribution in [2.45, 2.75) is 31.3 Å². The Kier molecular flexibility index (Phi) is 4.99. The Balaban J connectivity index is 1.63. The maximum Gasteiger partial charge on any atom is 0.342 e. The fraction of sp³-hybridized carbons (Fsp3) is 0.529. The number of nitrogens with zero attached hydrogens (tertiary/aromatic N) is 1. The van der Waals surface area contributed by atoms with Crippen molar-refractivity contribution in [2.24, 2.45) is 0 Å². The van der Waals surface area contributed by atoms with Gasteiger partial charge in [0.05, 0.1) is 18.6 Å². The summed E-state index contributed by atoms with van der Waals surface area (Å²) in [5.74, 6) is -0.500. The summed E-state index contributed by atoms with van der Waals surface area (Å²) in [6, 6.07) is 6.37. The van der Waals surface area contributed by atoms with Gasteiger partial charge in [-0.25, -0.2) is 13.2 Å². The molecule has 1 aliphatic carbocycles. The SMILES string of the molecule is COc1ccccc1C(=O)OCC(=O)N(C1CC1)[C@@H]1CCS(=O)(=O)C1. The second kappa shape index (κ2) is 7.03. The molecule has 1 atom stereocenters. The average molecular weight is 367 g/mol. The molecule has 1 aromatic rings. The third kappa shape index (κ3) is 4.12. The van der Waals surface area contributed by atoms with E-state index in [9.17, 15) is 18.0 Å². The first-order valence-electron chi connectivity index (χ1n) is 8.23. The van der Waals surface area contributed by atoms with Gasteiger partial charge in [-0.15, -0.1) is 0 Å². The molecule has 136 valence electrons. The van der Waals surface area contributed by atoms with Gasteiger partial charge in [0.1, 0.15) is 11.3 Å². The molecule has 8 heteroatoms. The molecule has 0 bridgehead atoms. The molecule has 2 fully saturated rings. The van der Waals surface area contributed by atoms with E-state index in [2.05, 4.69) is 0 Å². The van der Waals surface area contributed by atoms with Gasteiger partial charge in [0.25, 0.3) is 5.91 Å². The van der Waals surface area contributed by atoms with Gasteiger partial charge in [-0.1, -0.05) is 12.1 Å². The normalized spacial score (nSPS) is 21.6. The Labute approximate surface area is 146 Å². The van der Waals surface area contributed by atoms with Gasteiger partial charge in [0, 0.05) is 12.1 Å². The van der Waals surface area contributed by atoms with Crippen LogP contribution in [0.4, 0.5) is 0 Å². The molecule has 1 saturated carbocycles. The summed E-state index contributed by atoms with van der Waals surface area (Å²) in [5.41, 5.74) is 0.249. The molecule has 1 saturated heterocycles. The average Bonchev–Trinajstić information content (AvgIpc) is 3.36. The number of benzene rings is 1. The molecule has 7 nitrogen and oxygen atoms in total. The molecule has 0 N–H and O–H groups in total. The van der Waals surface area contributed by atoms with E-state index in [-0.39, 0.29) is 35.1 Å². The molecular formula is C17H21NO6S. The lowest BCUT2D eigenvalue weighted by Gasteiger charge is -2.28. The minimum absolute atomic E-state index is 0.00427. The van der Waals surface area contributed by atoms with Crippen LogP contribution >= 0.6 is 0 Å². The van der Waals surface area contributed by atoms with Gasteiger partial charge < -0.3 is 14.4 Å². The van der Waals surface area contributed by atoms with Gasteiger partial charge in [0.15, 0.2) is 16.4 Å². The Hall–Kier alpha value is -2.09. The number of carbonyl (C=O) groups excluding carboxylic acids is 2. The molecule has 0 radical (unpaired) electrons. The van der Waals surface area contributed by atoms with E-state index in [0.717, 1.165) is 12.8 Å². The number of ether oxygens (including phenoxy) is 2. The molecule has 2 aliphatic rings. The Bertz CT molecular complexity index is 771. The Morgan fingerprint density at radius 3 is 2.48 bits per heavy atom. The smallest absolute Gasteiger partial charge is 0.342 e. The second-order valence-electron chi connectivity index (χ2n) is 6.37. The van der Waals surface area contributed by atoms with Gasteiger partial charge in [-0.05, 0) is 31.4 Å². The number of carbonyl (C=O) groups is 2. The van der Waals surface area contributed by atoms with Gasteiger partial charge >= 0.3 is 5.97 Å². The third-order valence-corrected chi connectivity index (χ3v) is 6.23. The summed E-state index contributed by atoms with van der Waals surface area (Å²) < 4.78 is 33.6. The molecule has 1 aliphatic heterocycles. The van der Waals surface area contributed by atoms with Crippen LogP contribution in [0.25, 0.3) is 0 Å². The van der Waals surface area contributed by atoms with E-state index in [1.165, 1.54) is 7.11 Å². The molecule has 1 aromatic carbocycles. The number of hydrogen-bond acceptors (Lipinski definition) is 6. The van der Waals surface area contributed by atoms with Crippen molar-refractivity contribution in [1.82, 2.24) is 4.90 Å². The highest BCUT2D eigenvalue weighted by Gasteiger charge is 2.42. The first-order valence-corrected chi connectivity index (χ1v) is 10.0. The molecule has 1 amide bonds.